The van der Waals surface area contributed by atoms with Gasteiger partial charge in [0.15, 0.2) is 0 Å². The minimum absolute atomic E-state index is 0.0399. The maximum atomic E-state index is 14.6. The molecular formula is C30H36FN3O4S. The molecule has 208 valence electrons. The second-order valence-corrected chi connectivity index (χ2v) is 11.6. The van der Waals surface area contributed by atoms with E-state index in [2.05, 4.69) is 5.32 Å². The predicted molar refractivity (Wildman–Crippen MR) is 151 cm³/mol. The summed E-state index contributed by atoms with van der Waals surface area (Å²) in [5.41, 5.74) is 2.23. The fourth-order valence-corrected chi connectivity index (χ4v) is 5.65. The van der Waals surface area contributed by atoms with Gasteiger partial charge >= 0.3 is 0 Å². The van der Waals surface area contributed by atoms with Crippen molar-refractivity contribution in [3.63, 3.8) is 0 Å². The molecule has 3 aromatic rings. The highest BCUT2D eigenvalue weighted by Crippen LogP contribution is 2.28. The first-order valence-corrected chi connectivity index (χ1v) is 14.4. The van der Waals surface area contributed by atoms with Gasteiger partial charge in [-0.15, -0.1) is 0 Å². The summed E-state index contributed by atoms with van der Waals surface area (Å²) in [6, 6.07) is 18.2. The first-order chi connectivity index (χ1) is 18.4. The van der Waals surface area contributed by atoms with Crippen LogP contribution >= 0.6 is 0 Å². The standard InChI is InChI=1S/C30H36FN3O4S/c1-6-24-11-8-10-14-28(24)34(39(37,38)26-17-15-22(4)16-18-26)20-29(35)33(23(5)30(36)32-21(2)3)19-25-12-7-9-13-27(25)31/h7-18,21,23H,6,19-20H2,1-5H3,(H,32,36)/t23-/m0/s1. The van der Waals surface area contributed by atoms with Crippen LogP contribution in [0.4, 0.5) is 10.1 Å². The summed E-state index contributed by atoms with van der Waals surface area (Å²) in [7, 11) is -4.17. The number of aryl methyl sites for hydroxylation is 2. The molecule has 1 atom stereocenters. The van der Waals surface area contributed by atoms with E-state index in [4.69, 9.17) is 0 Å². The molecule has 0 aromatic heterocycles. The number of para-hydroxylation sites is 1. The summed E-state index contributed by atoms with van der Waals surface area (Å²) in [6.07, 6.45) is 0.538. The lowest BCUT2D eigenvalue weighted by molar-refractivity contribution is -0.139. The summed E-state index contributed by atoms with van der Waals surface area (Å²) >= 11 is 0. The second-order valence-electron chi connectivity index (χ2n) is 9.76. The molecule has 0 unspecified atom stereocenters. The van der Waals surface area contributed by atoms with E-state index >= 15 is 0 Å². The van der Waals surface area contributed by atoms with Gasteiger partial charge < -0.3 is 10.2 Å². The molecule has 3 aromatic carbocycles. The highest BCUT2D eigenvalue weighted by molar-refractivity contribution is 7.92. The Kier molecular flexibility index (Phi) is 9.86. The second kappa shape index (κ2) is 12.9. The quantitative estimate of drug-likeness (QED) is 0.368. The number of nitrogens with one attached hydrogen (secondary N) is 1. The number of amides is 2. The predicted octanol–water partition coefficient (Wildman–Crippen LogP) is 4.83. The monoisotopic (exact) mass is 553 g/mol. The van der Waals surface area contributed by atoms with Crippen LogP contribution in [-0.2, 0) is 32.6 Å². The number of hydrogen-bond acceptors (Lipinski definition) is 4. The van der Waals surface area contributed by atoms with Gasteiger partial charge in [0.1, 0.15) is 18.4 Å². The van der Waals surface area contributed by atoms with Crippen LogP contribution in [-0.4, -0.2) is 43.8 Å². The van der Waals surface area contributed by atoms with Gasteiger partial charge in [-0.05, 0) is 63.9 Å². The topological polar surface area (TPSA) is 86.8 Å². The fourth-order valence-electron chi connectivity index (χ4n) is 4.20. The molecule has 0 spiro atoms. The molecule has 2 amide bonds. The smallest absolute Gasteiger partial charge is 0.264 e. The van der Waals surface area contributed by atoms with Crippen LogP contribution in [0.5, 0.6) is 0 Å². The van der Waals surface area contributed by atoms with Crippen LogP contribution in [0.15, 0.2) is 77.7 Å². The normalized spacial score (nSPS) is 12.2. The fraction of sp³-hybridized carbons (Fsp3) is 0.333. The summed E-state index contributed by atoms with van der Waals surface area (Å²) in [5.74, 6) is -1.57. The molecule has 0 aliphatic heterocycles. The van der Waals surface area contributed by atoms with E-state index in [0.717, 1.165) is 15.4 Å². The van der Waals surface area contributed by atoms with Crippen LogP contribution in [0, 0.1) is 12.7 Å². The molecule has 0 heterocycles. The SMILES string of the molecule is CCc1ccccc1N(CC(=O)N(Cc1ccccc1F)[C@@H](C)C(=O)NC(C)C)S(=O)(=O)c1ccc(C)cc1. The average Bonchev–Trinajstić information content (AvgIpc) is 2.90. The van der Waals surface area contributed by atoms with Gasteiger partial charge in [-0.2, -0.15) is 0 Å². The molecule has 3 rings (SSSR count). The molecule has 39 heavy (non-hydrogen) atoms. The van der Waals surface area contributed by atoms with Crippen molar-refractivity contribution in [3.8, 4) is 0 Å². The third kappa shape index (κ3) is 7.23. The number of hydrogen-bond donors (Lipinski definition) is 1. The maximum absolute atomic E-state index is 14.6. The van der Waals surface area contributed by atoms with Crippen molar-refractivity contribution in [2.45, 2.75) is 64.6 Å². The Labute approximate surface area is 230 Å². The first kappa shape index (κ1) is 29.8. The van der Waals surface area contributed by atoms with E-state index in [1.54, 1.807) is 51.1 Å². The lowest BCUT2D eigenvalue weighted by Crippen LogP contribution is -2.52. The van der Waals surface area contributed by atoms with E-state index in [-0.39, 0.29) is 23.0 Å². The highest BCUT2D eigenvalue weighted by atomic mass is 32.2. The zero-order valence-corrected chi connectivity index (χ0v) is 23.8. The molecule has 0 fully saturated rings. The Hall–Kier alpha value is -3.72. The summed E-state index contributed by atoms with van der Waals surface area (Å²) in [4.78, 5) is 28.1. The van der Waals surface area contributed by atoms with E-state index < -0.39 is 40.2 Å². The van der Waals surface area contributed by atoms with Crippen LogP contribution < -0.4 is 9.62 Å². The Morgan fingerprint density at radius 1 is 0.897 bits per heavy atom. The van der Waals surface area contributed by atoms with Crippen LogP contribution in [0.1, 0.15) is 44.4 Å². The number of carbonyl (C=O) groups excluding carboxylic acids is 2. The van der Waals surface area contributed by atoms with E-state index in [1.807, 2.05) is 26.0 Å². The minimum atomic E-state index is -4.17. The molecule has 0 aliphatic rings. The molecule has 1 N–H and O–H groups in total. The molecule has 0 saturated heterocycles. The Balaban J connectivity index is 2.08. The molecule has 0 aliphatic carbocycles. The molecule has 0 saturated carbocycles. The molecule has 0 radical (unpaired) electrons. The number of carbonyl (C=O) groups is 2. The van der Waals surface area contributed by atoms with Crippen LogP contribution in [0.25, 0.3) is 0 Å². The zero-order valence-electron chi connectivity index (χ0n) is 23.0. The van der Waals surface area contributed by atoms with Gasteiger partial charge in [-0.3, -0.25) is 13.9 Å². The lowest BCUT2D eigenvalue weighted by atomic mass is 10.1. The largest absolute Gasteiger partial charge is 0.352 e. The molecular weight excluding hydrogens is 517 g/mol. The third-order valence-electron chi connectivity index (χ3n) is 6.43. The third-order valence-corrected chi connectivity index (χ3v) is 8.20. The number of rotatable bonds is 11. The molecule has 7 nitrogen and oxygen atoms in total. The van der Waals surface area contributed by atoms with Crippen LogP contribution in [0.3, 0.4) is 0 Å². The minimum Gasteiger partial charge on any atom is -0.352 e. The number of anilines is 1. The van der Waals surface area contributed by atoms with E-state index in [9.17, 15) is 22.4 Å². The summed E-state index contributed by atoms with van der Waals surface area (Å²) < 4.78 is 43.6. The summed E-state index contributed by atoms with van der Waals surface area (Å²) in [5, 5.41) is 2.78. The molecule has 9 heteroatoms. The van der Waals surface area contributed by atoms with Gasteiger partial charge in [0.2, 0.25) is 11.8 Å². The number of benzene rings is 3. The van der Waals surface area contributed by atoms with Gasteiger partial charge in [0.25, 0.3) is 10.0 Å². The van der Waals surface area contributed by atoms with Gasteiger partial charge in [-0.1, -0.05) is 61.0 Å². The highest BCUT2D eigenvalue weighted by Gasteiger charge is 2.33. The van der Waals surface area contributed by atoms with Gasteiger partial charge in [0.05, 0.1) is 10.6 Å². The first-order valence-electron chi connectivity index (χ1n) is 13.0. The Bertz CT molecular complexity index is 1410. The van der Waals surface area contributed by atoms with E-state index in [1.165, 1.54) is 35.2 Å². The lowest BCUT2D eigenvalue weighted by Gasteiger charge is -2.33. The van der Waals surface area contributed by atoms with Gasteiger partial charge in [0, 0.05) is 18.2 Å². The van der Waals surface area contributed by atoms with Crippen molar-refractivity contribution in [3.05, 3.63) is 95.3 Å². The van der Waals surface area contributed by atoms with Crippen molar-refractivity contribution in [2.24, 2.45) is 0 Å². The van der Waals surface area contributed by atoms with Crippen molar-refractivity contribution >= 4 is 27.5 Å². The Morgan fingerprint density at radius 2 is 1.49 bits per heavy atom. The summed E-state index contributed by atoms with van der Waals surface area (Å²) in [6.45, 7) is 8.13. The van der Waals surface area contributed by atoms with Crippen molar-refractivity contribution in [2.75, 3.05) is 10.8 Å². The van der Waals surface area contributed by atoms with Crippen LogP contribution in [0.2, 0.25) is 0 Å². The number of nitrogens with zero attached hydrogens (tertiary/aromatic N) is 2. The maximum Gasteiger partial charge on any atom is 0.264 e. The van der Waals surface area contributed by atoms with E-state index in [0.29, 0.717) is 12.1 Å². The molecule has 0 bridgehead atoms. The van der Waals surface area contributed by atoms with Crippen molar-refractivity contribution in [1.82, 2.24) is 10.2 Å². The number of halogens is 1. The van der Waals surface area contributed by atoms with Crippen molar-refractivity contribution in [1.29, 1.82) is 0 Å². The average molecular weight is 554 g/mol. The zero-order chi connectivity index (χ0) is 28.7. The number of sulfonamides is 1. The Morgan fingerprint density at radius 3 is 2.08 bits per heavy atom. The van der Waals surface area contributed by atoms with Crippen molar-refractivity contribution < 1.29 is 22.4 Å². The van der Waals surface area contributed by atoms with Gasteiger partial charge in [-0.25, -0.2) is 12.8 Å².